The minimum absolute atomic E-state index is 0.0636. The minimum Gasteiger partial charge on any atom is -0.373 e. The lowest BCUT2D eigenvalue weighted by Crippen LogP contribution is -2.45. The van der Waals surface area contributed by atoms with Crippen LogP contribution in [0.25, 0.3) is 0 Å². The van der Waals surface area contributed by atoms with Crippen LogP contribution in [0.2, 0.25) is 0 Å². The molecule has 1 aromatic heterocycles. The van der Waals surface area contributed by atoms with Crippen LogP contribution in [0.1, 0.15) is 25.3 Å². The van der Waals surface area contributed by atoms with Crippen molar-refractivity contribution in [3.05, 3.63) is 18.0 Å². The first-order chi connectivity index (χ1) is 9.11. The Morgan fingerprint density at radius 1 is 1.58 bits per heavy atom. The Morgan fingerprint density at radius 2 is 2.42 bits per heavy atom. The zero-order chi connectivity index (χ0) is 13.7. The lowest BCUT2D eigenvalue weighted by Gasteiger charge is -2.24. The van der Waals surface area contributed by atoms with Crippen LogP contribution in [-0.2, 0) is 18.3 Å². The van der Waals surface area contributed by atoms with E-state index in [1.165, 1.54) is 0 Å². The molecular weight excluding hydrogens is 242 g/mol. The first-order valence-electron chi connectivity index (χ1n) is 6.67. The third-order valence-corrected chi connectivity index (χ3v) is 3.37. The molecule has 6 nitrogen and oxygen atoms in total. The van der Waals surface area contributed by atoms with Gasteiger partial charge in [0, 0.05) is 45.6 Å². The summed E-state index contributed by atoms with van der Waals surface area (Å²) in [5, 5.41) is 10.7. The van der Waals surface area contributed by atoms with Crippen molar-refractivity contribution in [3.63, 3.8) is 0 Å². The molecule has 0 spiro atoms. The van der Waals surface area contributed by atoms with Gasteiger partial charge in [0.1, 0.15) is 0 Å². The monoisotopic (exact) mass is 265 g/mol. The molecule has 2 heterocycles. The molecular formula is C13H23N5O. The van der Waals surface area contributed by atoms with Crippen LogP contribution in [0.15, 0.2) is 17.4 Å². The van der Waals surface area contributed by atoms with E-state index in [0.29, 0.717) is 6.54 Å². The van der Waals surface area contributed by atoms with E-state index < -0.39 is 0 Å². The summed E-state index contributed by atoms with van der Waals surface area (Å²) in [6, 6.07) is 0. The molecule has 1 unspecified atom stereocenters. The number of nitrogens with one attached hydrogen (secondary N) is 2. The first-order valence-corrected chi connectivity index (χ1v) is 6.67. The number of aryl methyl sites for hydroxylation is 1. The van der Waals surface area contributed by atoms with Gasteiger partial charge >= 0.3 is 0 Å². The normalized spacial score (nSPS) is 23.6. The van der Waals surface area contributed by atoms with Crippen LogP contribution in [-0.4, -0.2) is 41.5 Å². The van der Waals surface area contributed by atoms with Gasteiger partial charge in [-0.3, -0.25) is 9.67 Å². The zero-order valence-corrected chi connectivity index (χ0v) is 11.9. The predicted octanol–water partition coefficient (Wildman–Crippen LogP) is 0.654. The van der Waals surface area contributed by atoms with E-state index in [1.807, 2.05) is 19.4 Å². The van der Waals surface area contributed by atoms with Crippen LogP contribution in [0.4, 0.5) is 0 Å². The minimum atomic E-state index is -0.0636. The Balaban J connectivity index is 1.77. The summed E-state index contributed by atoms with van der Waals surface area (Å²) < 4.78 is 7.54. The molecule has 19 heavy (non-hydrogen) atoms. The molecule has 0 saturated carbocycles. The number of rotatable bonds is 4. The fourth-order valence-electron chi connectivity index (χ4n) is 2.22. The summed E-state index contributed by atoms with van der Waals surface area (Å²) in [7, 11) is 3.69. The third kappa shape index (κ3) is 3.96. The second kappa shape index (κ2) is 6.06. The second-order valence-electron chi connectivity index (χ2n) is 5.20. The molecule has 2 N–H and O–H groups in total. The lowest BCUT2D eigenvalue weighted by atomic mass is 10.0. The van der Waals surface area contributed by atoms with Crippen LogP contribution in [0.3, 0.4) is 0 Å². The van der Waals surface area contributed by atoms with Crippen molar-refractivity contribution in [1.82, 2.24) is 20.4 Å². The quantitative estimate of drug-likeness (QED) is 0.620. The summed E-state index contributed by atoms with van der Waals surface area (Å²) in [5.41, 5.74) is 1.07. The first kappa shape index (κ1) is 13.9. The van der Waals surface area contributed by atoms with Gasteiger partial charge in [0.25, 0.3) is 0 Å². The summed E-state index contributed by atoms with van der Waals surface area (Å²) >= 11 is 0. The second-order valence-corrected chi connectivity index (χ2v) is 5.20. The summed E-state index contributed by atoms with van der Waals surface area (Å²) in [6.07, 6.45) is 6.07. The van der Waals surface area contributed by atoms with Crippen molar-refractivity contribution in [2.75, 3.05) is 20.2 Å². The van der Waals surface area contributed by atoms with E-state index in [9.17, 15) is 0 Å². The molecule has 1 aliphatic rings. The number of aromatic nitrogens is 2. The molecule has 1 saturated heterocycles. The van der Waals surface area contributed by atoms with Gasteiger partial charge < -0.3 is 15.4 Å². The van der Waals surface area contributed by atoms with E-state index >= 15 is 0 Å². The van der Waals surface area contributed by atoms with Gasteiger partial charge in [-0.05, 0) is 19.8 Å². The van der Waals surface area contributed by atoms with Gasteiger partial charge in [0.05, 0.1) is 11.8 Å². The number of hydrogen-bond acceptors (Lipinski definition) is 3. The molecule has 0 radical (unpaired) electrons. The molecule has 0 amide bonds. The maximum Gasteiger partial charge on any atom is 0.191 e. The van der Waals surface area contributed by atoms with Gasteiger partial charge in [-0.15, -0.1) is 0 Å². The summed E-state index contributed by atoms with van der Waals surface area (Å²) in [4.78, 5) is 4.21. The standard InChI is InChI=1S/C13H23N5O/c1-13(5-4-6-19-13)10-16-12(14-2)15-7-11-8-17-18(3)9-11/h8-9H,4-7,10H2,1-3H3,(H2,14,15,16). The van der Waals surface area contributed by atoms with E-state index in [0.717, 1.165) is 37.5 Å². The molecule has 106 valence electrons. The average Bonchev–Trinajstić information content (AvgIpc) is 2.99. The van der Waals surface area contributed by atoms with Crippen LogP contribution < -0.4 is 10.6 Å². The maximum atomic E-state index is 5.74. The molecule has 0 aromatic carbocycles. The van der Waals surface area contributed by atoms with E-state index in [1.54, 1.807) is 11.7 Å². The van der Waals surface area contributed by atoms with Gasteiger partial charge in [-0.1, -0.05) is 0 Å². The highest BCUT2D eigenvalue weighted by molar-refractivity contribution is 5.79. The van der Waals surface area contributed by atoms with E-state index in [4.69, 9.17) is 4.74 Å². The van der Waals surface area contributed by atoms with Crippen molar-refractivity contribution >= 4 is 5.96 Å². The van der Waals surface area contributed by atoms with Gasteiger partial charge in [0.2, 0.25) is 0 Å². The fourth-order valence-corrected chi connectivity index (χ4v) is 2.22. The number of guanidine groups is 1. The van der Waals surface area contributed by atoms with Crippen LogP contribution >= 0.6 is 0 Å². The average molecular weight is 265 g/mol. The van der Waals surface area contributed by atoms with E-state index in [2.05, 4.69) is 27.6 Å². The fraction of sp³-hybridized carbons (Fsp3) is 0.692. The van der Waals surface area contributed by atoms with Crippen molar-refractivity contribution in [3.8, 4) is 0 Å². The zero-order valence-electron chi connectivity index (χ0n) is 11.9. The topological polar surface area (TPSA) is 63.5 Å². The Hall–Kier alpha value is -1.56. The third-order valence-electron chi connectivity index (χ3n) is 3.37. The van der Waals surface area contributed by atoms with Crippen LogP contribution in [0.5, 0.6) is 0 Å². The Bertz CT molecular complexity index is 434. The number of ether oxygens (including phenoxy) is 1. The number of hydrogen-bond donors (Lipinski definition) is 2. The molecule has 1 aliphatic heterocycles. The Kier molecular flexibility index (Phi) is 4.42. The highest BCUT2D eigenvalue weighted by Gasteiger charge is 2.29. The van der Waals surface area contributed by atoms with Gasteiger partial charge in [-0.2, -0.15) is 5.10 Å². The molecule has 0 aliphatic carbocycles. The largest absolute Gasteiger partial charge is 0.373 e. The van der Waals surface area contributed by atoms with Crippen molar-refractivity contribution < 1.29 is 4.74 Å². The van der Waals surface area contributed by atoms with E-state index in [-0.39, 0.29) is 5.60 Å². The highest BCUT2D eigenvalue weighted by Crippen LogP contribution is 2.23. The molecule has 6 heteroatoms. The molecule has 0 bridgehead atoms. The smallest absolute Gasteiger partial charge is 0.191 e. The van der Waals surface area contributed by atoms with Crippen molar-refractivity contribution in [2.24, 2.45) is 12.0 Å². The summed E-state index contributed by atoms with van der Waals surface area (Å²) in [5.74, 6) is 0.792. The van der Waals surface area contributed by atoms with Crippen LogP contribution in [0, 0.1) is 0 Å². The SMILES string of the molecule is CN=C(NCc1cnn(C)c1)NCC1(C)CCCO1. The lowest BCUT2D eigenvalue weighted by molar-refractivity contribution is 0.0243. The van der Waals surface area contributed by atoms with Crippen molar-refractivity contribution in [1.29, 1.82) is 0 Å². The van der Waals surface area contributed by atoms with Gasteiger partial charge in [-0.25, -0.2) is 0 Å². The Labute approximate surface area is 114 Å². The Morgan fingerprint density at radius 3 is 3.00 bits per heavy atom. The maximum absolute atomic E-state index is 5.74. The molecule has 2 rings (SSSR count). The van der Waals surface area contributed by atoms with Gasteiger partial charge in [0.15, 0.2) is 5.96 Å². The van der Waals surface area contributed by atoms with Crippen molar-refractivity contribution in [2.45, 2.75) is 31.9 Å². The summed E-state index contributed by atoms with van der Waals surface area (Å²) in [6.45, 7) is 4.49. The number of aliphatic imine (C=N–C) groups is 1. The molecule has 1 fully saturated rings. The predicted molar refractivity (Wildman–Crippen MR) is 75.0 cm³/mol. The molecule has 1 aromatic rings. The highest BCUT2D eigenvalue weighted by atomic mass is 16.5. The number of nitrogens with zero attached hydrogens (tertiary/aromatic N) is 3. The molecule has 1 atom stereocenters.